The number of ether oxygens (including phenoxy) is 1. The van der Waals surface area contributed by atoms with E-state index in [4.69, 9.17) is 4.74 Å². The number of likely N-dealkylation sites (tertiary alicyclic amines) is 1. The van der Waals surface area contributed by atoms with E-state index in [0.717, 1.165) is 11.1 Å². The third kappa shape index (κ3) is 4.54. The molecule has 3 aromatic heterocycles. The fraction of sp³-hybridized carbons (Fsp3) is 0.444. The summed E-state index contributed by atoms with van der Waals surface area (Å²) in [6.45, 7) is 0.303. The monoisotopic (exact) mass is 525 g/mol. The van der Waals surface area contributed by atoms with Crippen LogP contribution < -0.4 is 4.74 Å². The topological polar surface area (TPSA) is 101 Å². The maximum absolute atomic E-state index is 13.7. The van der Waals surface area contributed by atoms with Crippen LogP contribution in [0.2, 0.25) is 0 Å². The molecule has 2 fully saturated rings. The number of aromatic nitrogens is 4. The molecule has 1 amide bonds. The summed E-state index contributed by atoms with van der Waals surface area (Å²) in [6.07, 6.45) is 1.18. The van der Waals surface area contributed by atoms with Gasteiger partial charge >= 0.3 is 6.18 Å². The summed E-state index contributed by atoms with van der Waals surface area (Å²) in [5.74, 6) is 0.0455. The Bertz CT molecular complexity index is 1430. The number of carbonyl (C=O) groups is 2. The van der Waals surface area contributed by atoms with Gasteiger partial charge in [0.2, 0.25) is 11.8 Å². The lowest BCUT2D eigenvalue weighted by atomic mass is 9.59. The van der Waals surface area contributed by atoms with Crippen molar-refractivity contribution in [2.75, 3.05) is 6.54 Å². The van der Waals surface area contributed by atoms with E-state index in [1.165, 1.54) is 4.90 Å². The number of nitrogens with one attached hydrogen (secondary N) is 1. The molecule has 1 atom stereocenters. The molecule has 8 nitrogen and oxygen atoms in total. The minimum atomic E-state index is -4.33. The van der Waals surface area contributed by atoms with E-state index in [-0.39, 0.29) is 30.6 Å². The second-order valence-electron chi connectivity index (χ2n) is 10.4. The van der Waals surface area contributed by atoms with Crippen molar-refractivity contribution in [3.63, 3.8) is 0 Å². The predicted octanol–water partition coefficient (Wildman–Crippen LogP) is 4.52. The maximum atomic E-state index is 13.7. The third-order valence-electron chi connectivity index (χ3n) is 7.87. The zero-order chi connectivity index (χ0) is 26.5. The van der Waals surface area contributed by atoms with Gasteiger partial charge in [0, 0.05) is 50.5 Å². The number of H-pyrrole nitrogens is 1. The molecule has 0 aromatic carbocycles. The highest BCUT2D eigenvalue weighted by Gasteiger charge is 2.54. The highest BCUT2D eigenvalue weighted by atomic mass is 19.4. The Morgan fingerprint density at radius 1 is 1.24 bits per heavy atom. The van der Waals surface area contributed by atoms with Gasteiger partial charge in [-0.15, -0.1) is 0 Å². The first-order valence-corrected chi connectivity index (χ1v) is 12.7. The molecule has 0 unspecified atom stereocenters. The molecule has 3 aliphatic rings. The van der Waals surface area contributed by atoms with Crippen LogP contribution in [0.5, 0.6) is 5.88 Å². The number of carbonyl (C=O) groups excluding carboxylic acids is 2. The lowest BCUT2D eigenvalue weighted by Gasteiger charge is -2.46. The first kappa shape index (κ1) is 24.6. The Morgan fingerprint density at radius 2 is 2.08 bits per heavy atom. The number of ketones is 1. The summed E-state index contributed by atoms with van der Waals surface area (Å²) >= 11 is 0. The minimum absolute atomic E-state index is 0.0327. The molecule has 1 saturated heterocycles. The molecule has 1 N–H and O–H groups in total. The SMILES string of the molecule is O=C(CC1=Cc2ncccc2C2(CC(Oc3ccc4[nH]ncc4n3)C2)C(=O)C1)N1CCC[C@H]1CC(F)(F)F. The van der Waals surface area contributed by atoms with Crippen molar-refractivity contribution in [1.29, 1.82) is 0 Å². The molecule has 0 radical (unpaired) electrons. The fourth-order valence-electron chi connectivity index (χ4n) is 6.06. The Labute approximate surface area is 216 Å². The van der Waals surface area contributed by atoms with Crippen molar-refractivity contribution in [3.8, 4) is 5.88 Å². The van der Waals surface area contributed by atoms with Crippen LogP contribution in [0.15, 0.2) is 42.2 Å². The van der Waals surface area contributed by atoms with E-state index < -0.39 is 24.1 Å². The number of nitrogens with zero attached hydrogens (tertiary/aromatic N) is 4. The quantitative estimate of drug-likeness (QED) is 0.526. The van der Waals surface area contributed by atoms with Crippen molar-refractivity contribution >= 4 is 28.8 Å². The van der Waals surface area contributed by atoms with Gasteiger partial charge in [-0.3, -0.25) is 19.7 Å². The highest BCUT2D eigenvalue weighted by Crippen LogP contribution is 2.50. The van der Waals surface area contributed by atoms with Gasteiger partial charge in [-0.1, -0.05) is 11.6 Å². The Balaban J connectivity index is 1.18. The zero-order valence-corrected chi connectivity index (χ0v) is 20.5. The van der Waals surface area contributed by atoms with E-state index in [0.29, 0.717) is 54.9 Å². The molecule has 38 heavy (non-hydrogen) atoms. The Kier molecular flexibility index (Phi) is 5.96. The molecule has 0 bridgehead atoms. The smallest absolute Gasteiger partial charge is 0.391 e. The van der Waals surface area contributed by atoms with Gasteiger partial charge in [0.15, 0.2) is 0 Å². The average molecular weight is 526 g/mol. The summed E-state index contributed by atoms with van der Waals surface area (Å²) < 4.78 is 45.1. The molecule has 3 aromatic rings. The summed E-state index contributed by atoms with van der Waals surface area (Å²) in [5.41, 5.74) is 2.68. The second-order valence-corrected chi connectivity index (χ2v) is 10.4. The summed E-state index contributed by atoms with van der Waals surface area (Å²) in [7, 11) is 0. The number of Topliss-reactive ketones (excluding diaryl/α,β-unsaturated/α-hetero) is 1. The van der Waals surface area contributed by atoms with Gasteiger partial charge in [0.25, 0.3) is 0 Å². The molecular weight excluding hydrogens is 499 g/mol. The third-order valence-corrected chi connectivity index (χ3v) is 7.87. The van der Waals surface area contributed by atoms with E-state index >= 15 is 0 Å². The van der Waals surface area contributed by atoms with Crippen LogP contribution in [-0.2, 0) is 15.0 Å². The number of halogens is 3. The normalized spacial score (nSPS) is 25.2. The van der Waals surface area contributed by atoms with Gasteiger partial charge in [-0.2, -0.15) is 18.3 Å². The van der Waals surface area contributed by atoms with E-state index in [9.17, 15) is 22.8 Å². The lowest BCUT2D eigenvalue weighted by molar-refractivity contribution is -0.151. The number of hydrogen-bond acceptors (Lipinski definition) is 6. The van der Waals surface area contributed by atoms with Crippen LogP contribution in [0.25, 0.3) is 17.1 Å². The molecular formula is C27H26F3N5O3. The number of rotatable bonds is 5. The molecule has 11 heteroatoms. The molecule has 2 aliphatic carbocycles. The van der Waals surface area contributed by atoms with Crippen LogP contribution in [0.3, 0.4) is 0 Å². The van der Waals surface area contributed by atoms with Gasteiger partial charge < -0.3 is 9.64 Å². The zero-order valence-electron chi connectivity index (χ0n) is 20.5. The highest BCUT2D eigenvalue weighted by molar-refractivity contribution is 5.97. The summed E-state index contributed by atoms with van der Waals surface area (Å²) in [6, 6.07) is 6.41. The maximum Gasteiger partial charge on any atom is 0.391 e. The fourth-order valence-corrected chi connectivity index (χ4v) is 6.06. The van der Waals surface area contributed by atoms with Gasteiger partial charge in [0.05, 0.1) is 29.2 Å². The number of pyridine rings is 2. The molecule has 1 spiro atoms. The van der Waals surface area contributed by atoms with Crippen LogP contribution >= 0.6 is 0 Å². The van der Waals surface area contributed by atoms with E-state index in [1.807, 2.05) is 12.1 Å². The largest absolute Gasteiger partial charge is 0.474 e. The van der Waals surface area contributed by atoms with Gasteiger partial charge in [-0.05, 0) is 36.6 Å². The van der Waals surface area contributed by atoms with E-state index in [2.05, 4.69) is 20.2 Å². The van der Waals surface area contributed by atoms with Crippen molar-refractivity contribution in [3.05, 3.63) is 53.5 Å². The molecule has 6 rings (SSSR count). The minimum Gasteiger partial charge on any atom is -0.474 e. The van der Waals surface area contributed by atoms with Crippen LogP contribution in [0, 0.1) is 0 Å². The number of amides is 1. The van der Waals surface area contributed by atoms with Crippen molar-refractivity contribution in [2.24, 2.45) is 0 Å². The Morgan fingerprint density at radius 3 is 2.89 bits per heavy atom. The van der Waals surface area contributed by atoms with Crippen molar-refractivity contribution in [1.82, 2.24) is 25.1 Å². The lowest BCUT2D eigenvalue weighted by Crippen LogP contribution is -2.53. The van der Waals surface area contributed by atoms with Crippen LogP contribution in [-0.4, -0.2) is 61.6 Å². The van der Waals surface area contributed by atoms with Crippen molar-refractivity contribution < 1.29 is 27.5 Å². The summed E-state index contributed by atoms with van der Waals surface area (Å²) in [5, 5.41) is 6.81. The number of hydrogen-bond donors (Lipinski definition) is 1. The number of alkyl halides is 3. The van der Waals surface area contributed by atoms with Crippen LogP contribution in [0.1, 0.15) is 56.2 Å². The summed E-state index contributed by atoms with van der Waals surface area (Å²) in [4.78, 5) is 37.0. The molecule has 4 heterocycles. The molecule has 198 valence electrons. The van der Waals surface area contributed by atoms with E-state index in [1.54, 1.807) is 30.6 Å². The average Bonchev–Trinajstić information content (AvgIpc) is 3.47. The first-order valence-electron chi connectivity index (χ1n) is 12.7. The first-order chi connectivity index (χ1) is 18.2. The van der Waals surface area contributed by atoms with Gasteiger partial charge in [0.1, 0.15) is 17.4 Å². The van der Waals surface area contributed by atoms with Gasteiger partial charge in [-0.25, -0.2) is 4.98 Å². The standard InChI is InChI=1S/C27H26F3N5O3/c28-27(29,30)12-17-3-2-8-35(17)25(37)11-16-9-21-19(4-1-7-31-21)26(23(36)10-16)13-18(14-26)38-24-6-5-20-22(33-24)15-32-34-20/h1,4-7,9,15,17-18H,2-3,8,10-14H2,(H,32,34)/t17-,18?,26?/m0/s1. The Hall–Kier alpha value is -3.76. The molecule has 1 aliphatic heterocycles. The van der Waals surface area contributed by atoms with Crippen molar-refractivity contribution in [2.45, 2.75) is 68.7 Å². The second kappa shape index (κ2) is 9.21. The number of fused-ring (bicyclic) bond motifs is 3. The molecule has 1 saturated carbocycles. The number of aromatic amines is 1. The van der Waals surface area contributed by atoms with Crippen LogP contribution in [0.4, 0.5) is 13.2 Å². The predicted molar refractivity (Wildman–Crippen MR) is 131 cm³/mol.